The van der Waals surface area contributed by atoms with Crippen molar-refractivity contribution in [2.24, 2.45) is 0 Å². The molecule has 5 heteroatoms. The second-order valence-electron chi connectivity index (χ2n) is 3.68. The maximum Gasteiger partial charge on any atom is 0.419 e. The molecule has 0 aliphatic heterocycles. The molecule has 0 N–H and O–H groups in total. The van der Waals surface area contributed by atoms with Crippen LogP contribution in [0, 0.1) is 3.57 Å². The largest absolute Gasteiger partial charge is 0.419 e. The van der Waals surface area contributed by atoms with E-state index in [0.29, 0.717) is 25.3 Å². The highest BCUT2D eigenvalue weighted by Crippen LogP contribution is 2.16. The van der Waals surface area contributed by atoms with Gasteiger partial charge in [0.1, 0.15) is 0 Å². The van der Waals surface area contributed by atoms with E-state index in [1.54, 1.807) is 4.57 Å². The molecule has 0 aliphatic rings. The van der Waals surface area contributed by atoms with Crippen LogP contribution in [0.1, 0.15) is 13.3 Å². The molecule has 0 aliphatic carbocycles. The third kappa shape index (κ3) is 2.90. The fraction of sp³-hybridized carbons (Fsp3) is 0.417. The highest BCUT2D eigenvalue weighted by Gasteiger charge is 2.08. The van der Waals surface area contributed by atoms with Gasteiger partial charge < -0.3 is 9.15 Å². The zero-order valence-corrected chi connectivity index (χ0v) is 11.8. The van der Waals surface area contributed by atoms with Crippen LogP contribution >= 0.6 is 22.6 Å². The first-order valence-corrected chi connectivity index (χ1v) is 6.67. The van der Waals surface area contributed by atoms with Crippen LogP contribution in [-0.4, -0.2) is 17.8 Å². The Kier molecular flexibility index (Phi) is 4.22. The predicted molar refractivity (Wildman–Crippen MR) is 74.3 cm³/mol. The van der Waals surface area contributed by atoms with Gasteiger partial charge in [0.05, 0.1) is 5.52 Å². The molecule has 0 amide bonds. The molecule has 0 saturated heterocycles. The van der Waals surface area contributed by atoms with Gasteiger partial charge in [-0.15, -0.1) is 0 Å². The average molecular weight is 347 g/mol. The molecule has 2 rings (SSSR count). The first-order valence-electron chi connectivity index (χ1n) is 5.59. The van der Waals surface area contributed by atoms with E-state index in [4.69, 9.17) is 9.15 Å². The number of rotatable bonds is 5. The number of aromatic nitrogens is 1. The lowest BCUT2D eigenvalue weighted by atomic mass is 10.3. The molecule has 0 spiro atoms. The molecule has 1 aromatic carbocycles. The number of benzene rings is 1. The zero-order valence-electron chi connectivity index (χ0n) is 9.61. The van der Waals surface area contributed by atoms with E-state index in [2.05, 4.69) is 22.6 Å². The number of ether oxygens (including phenoxy) is 1. The SMILES string of the molecule is CCOCCCn1c(=O)oc2ccc(I)cc21. The Balaban J connectivity index is 2.23. The third-order valence-electron chi connectivity index (χ3n) is 2.50. The van der Waals surface area contributed by atoms with Crippen molar-refractivity contribution in [3.8, 4) is 0 Å². The summed E-state index contributed by atoms with van der Waals surface area (Å²) in [6, 6.07) is 5.72. The van der Waals surface area contributed by atoms with E-state index in [-0.39, 0.29) is 5.76 Å². The van der Waals surface area contributed by atoms with Crippen LogP contribution in [0.3, 0.4) is 0 Å². The fourth-order valence-corrected chi connectivity index (χ4v) is 2.19. The second-order valence-corrected chi connectivity index (χ2v) is 4.93. The highest BCUT2D eigenvalue weighted by atomic mass is 127. The minimum atomic E-state index is -0.293. The molecule has 0 saturated carbocycles. The van der Waals surface area contributed by atoms with Crippen LogP contribution in [0.5, 0.6) is 0 Å². The zero-order chi connectivity index (χ0) is 12.3. The number of fused-ring (bicyclic) bond motifs is 1. The summed E-state index contributed by atoms with van der Waals surface area (Å²) in [5, 5.41) is 0. The van der Waals surface area contributed by atoms with Gasteiger partial charge in [0, 0.05) is 23.3 Å². The monoisotopic (exact) mass is 347 g/mol. The minimum absolute atomic E-state index is 0.293. The van der Waals surface area contributed by atoms with E-state index in [1.807, 2.05) is 25.1 Å². The van der Waals surface area contributed by atoms with E-state index in [9.17, 15) is 4.79 Å². The molecule has 0 fully saturated rings. The summed E-state index contributed by atoms with van der Waals surface area (Å²) in [6.45, 7) is 3.96. The van der Waals surface area contributed by atoms with Gasteiger partial charge in [-0.3, -0.25) is 4.57 Å². The average Bonchev–Trinajstić information content (AvgIpc) is 2.61. The Morgan fingerprint density at radius 2 is 2.29 bits per heavy atom. The van der Waals surface area contributed by atoms with Crippen molar-refractivity contribution < 1.29 is 9.15 Å². The summed E-state index contributed by atoms with van der Waals surface area (Å²) in [5.41, 5.74) is 1.50. The number of hydrogen-bond acceptors (Lipinski definition) is 3. The molecule has 0 radical (unpaired) electrons. The molecule has 92 valence electrons. The predicted octanol–water partition coefficient (Wildman–Crippen LogP) is 2.63. The molecule has 0 bridgehead atoms. The van der Waals surface area contributed by atoms with Crippen LogP contribution in [0.15, 0.2) is 27.4 Å². The maximum atomic E-state index is 11.7. The van der Waals surface area contributed by atoms with Gasteiger partial charge in [-0.2, -0.15) is 0 Å². The second kappa shape index (κ2) is 5.68. The molecular formula is C12H14INO3. The normalized spacial score (nSPS) is 11.2. The van der Waals surface area contributed by atoms with Crippen molar-refractivity contribution in [3.05, 3.63) is 32.3 Å². The standard InChI is InChI=1S/C12H14INO3/c1-2-16-7-3-6-14-10-8-9(13)4-5-11(10)17-12(14)15/h4-5,8H,2-3,6-7H2,1H3. The summed E-state index contributed by atoms with van der Waals surface area (Å²) in [5.74, 6) is -0.293. The van der Waals surface area contributed by atoms with Gasteiger partial charge in [0.15, 0.2) is 5.58 Å². The fourth-order valence-electron chi connectivity index (χ4n) is 1.72. The first-order chi connectivity index (χ1) is 8.22. The summed E-state index contributed by atoms with van der Waals surface area (Å²) < 4.78 is 13.2. The van der Waals surface area contributed by atoms with Crippen molar-refractivity contribution in [2.45, 2.75) is 19.9 Å². The van der Waals surface area contributed by atoms with Crippen LogP contribution < -0.4 is 5.76 Å². The summed E-state index contributed by atoms with van der Waals surface area (Å²) in [7, 11) is 0. The first kappa shape index (κ1) is 12.6. The molecule has 0 atom stereocenters. The Bertz CT molecular complexity index is 558. The van der Waals surface area contributed by atoms with Crippen molar-refractivity contribution in [2.75, 3.05) is 13.2 Å². The van der Waals surface area contributed by atoms with Gasteiger partial charge in [0.25, 0.3) is 0 Å². The number of hydrogen-bond donors (Lipinski definition) is 0. The highest BCUT2D eigenvalue weighted by molar-refractivity contribution is 14.1. The molecular weight excluding hydrogens is 333 g/mol. The molecule has 2 aromatic rings. The molecule has 17 heavy (non-hydrogen) atoms. The molecule has 1 heterocycles. The Morgan fingerprint density at radius 1 is 1.47 bits per heavy atom. The number of nitrogens with zero attached hydrogens (tertiary/aromatic N) is 1. The molecule has 0 unspecified atom stereocenters. The minimum Gasteiger partial charge on any atom is -0.408 e. The van der Waals surface area contributed by atoms with Gasteiger partial charge in [-0.05, 0) is 54.1 Å². The van der Waals surface area contributed by atoms with Crippen molar-refractivity contribution in [3.63, 3.8) is 0 Å². The molecule has 4 nitrogen and oxygen atoms in total. The topological polar surface area (TPSA) is 44.4 Å². The van der Waals surface area contributed by atoms with E-state index in [1.165, 1.54) is 0 Å². The summed E-state index contributed by atoms with van der Waals surface area (Å²) in [4.78, 5) is 11.7. The number of aryl methyl sites for hydroxylation is 1. The van der Waals surface area contributed by atoms with Gasteiger partial charge in [-0.1, -0.05) is 0 Å². The third-order valence-corrected chi connectivity index (χ3v) is 3.17. The van der Waals surface area contributed by atoms with Gasteiger partial charge in [0.2, 0.25) is 0 Å². The van der Waals surface area contributed by atoms with E-state index >= 15 is 0 Å². The van der Waals surface area contributed by atoms with Crippen LogP contribution in [0.4, 0.5) is 0 Å². The van der Waals surface area contributed by atoms with Crippen LogP contribution in [-0.2, 0) is 11.3 Å². The maximum absolute atomic E-state index is 11.7. The summed E-state index contributed by atoms with van der Waals surface area (Å²) in [6.07, 6.45) is 0.813. The van der Waals surface area contributed by atoms with Gasteiger partial charge in [-0.25, -0.2) is 4.79 Å². The van der Waals surface area contributed by atoms with E-state index in [0.717, 1.165) is 15.5 Å². The molecule has 1 aromatic heterocycles. The van der Waals surface area contributed by atoms with Gasteiger partial charge >= 0.3 is 5.76 Å². The quantitative estimate of drug-likeness (QED) is 0.617. The number of oxazole rings is 1. The van der Waals surface area contributed by atoms with E-state index < -0.39 is 0 Å². The van der Waals surface area contributed by atoms with Crippen molar-refractivity contribution in [1.29, 1.82) is 0 Å². The van der Waals surface area contributed by atoms with Crippen LogP contribution in [0.2, 0.25) is 0 Å². The Hall–Kier alpha value is -0.820. The smallest absolute Gasteiger partial charge is 0.408 e. The lowest BCUT2D eigenvalue weighted by molar-refractivity contribution is 0.141. The van der Waals surface area contributed by atoms with Crippen molar-refractivity contribution >= 4 is 33.7 Å². The Morgan fingerprint density at radius 3 is 3.06 bits per heavy atom. The Labute approximate surface area is 113 Å². The van der Waals surface area contributed by atoms with Crippen LogP contribution in [0.25, 0.3) is 11.1 Å². The van der Waals surface area contributed by atoms with Crippen molar-refractivity contribution in [1.82, 2.24) is 4.57 Å². The number of halogens is 1. The lowest BCUT2D eigenvalue weighted by Gasteiger charge is -2.02. The summed E-state index contributed by atoms with van der Waals surface area (Å²) >= 11 is 2.22. The lowest BCUT2D eigenvalue weighted by Crippen LogP contribution is -2.15.